The van der Waals surface area contributed by atoms with Crippen molar-refractivity contribution in [1.29, 1.82) is 0 Å². The molecule has 0 spiro atoms. The molecule has 1 aromatic rings. The molecule has 11 heavy (non-hydrogen) atoms. The zero-order valence-corrected chi connectivity index (χ0v) is 6.38. The van der Waals surface area contributed by atoms with Gasteiger partial charge in [0.25, 0.3) is 0 Å². The van der Waals surface area contributed by atoms with Gasteiger partial charge in [0.1, 0.15) is 0 Å². The summed E-state index contributed by atoms with van der Waals surface area (Å²) in [5, 5.41) is 3.53. The van der Waals surface area contributed by atoms with Crippen molar-refractivity contribution in [2.24, 2.45) is 0 Å². The van der Waals surface area contributed by atoms with Crippen LogP contribution in [0.25, 0.3) is 0 Å². The van der Waals surface area contributed by atoms with Crippen LogP contribution in [-0.4, -0.2) is 6.04 Å². The fraction of sp³-hybridized carbons (Fsp3) is 0.400. The van der Waals surface area contributed by atoms with Crippen LogP contribution >= 0.6 is 0 Å². The normalized spacial score (nSPS) is 31.6. The van der Waals surface area contributed by atoms with E-state index in [0.29, 0.717) is 0 Å². The molecule has 1 saturated carbocycles. The molecule has 1 heteroatoms. The highest BCUT2D eigenvalue weighted by atomic mass is 15.0. The molecule has 56 valence electrons. The maximum Gasteiger partial charge on any atom is 0.0378 e. The van der Waals surface area contributed by atoms with Crippen molar-refractivity contribution in [2.75, 3.05) is 5.32 Å². The van der Waals surface area contributed by atoms with E-state index < -0.39 is 0 Å². The number of anilines is 1. The SMILES string of the molecule is c1ccc2c(c1)NC1CCC21. The van der Waals surface area contributed by atoms with Crippen molar-refractivity contribution in [3.8, 4) is 0 Å². The van der Waals surface area contributed by atoms with Crippen LogP contribution in [0.15, 0.2) is 24.3 Å². The summed E-state index contributed by atoms with van der Waals surface area (Å²) >= 11 is 0. The number of rotatable bonds is 0. The molecule has 2 unspecified atom stereocenters. The number of para-hydroxylation sites is 1. The molecule has 1 aromatic carbocycles. The molecular weight excluding hydrogens is 134 g/mol. The van der Waals surface area contributed by atoms with Gasteiger partial charge < -0.3 is 5.32 Å². The van der Waals surface area contributed by atoms with Crippen molar-refractivity contribution in [2.45, 2.75) is 24.8 Å². The van der Waals surface area contributed by atoms with E-state index >= 15 is 0 Å². The zero-order chi connectivity index (χ0) is 7.26. The van der Waals surface area contributed by atoms with Gasteiger partial charge in [0.15, 0.2) is 0 Å². The first-order chi connectivity index (χ1) is 5.45. The smallest absolute Gasteiger partial charge is 0.0378 e. The summed E-state index contributed by atoms with van der Waals surface area (Å²) < 4.78 is 0. The fourth-order valence-corrected chi connectivity index (χ4v) is 2.20. The van der Waals surface area contributed by atoms with Crippen LogP contribution in [0.5, 0.6) is 0 Å². The van der Waals surface area contributed by atoms with Gasteiger partial charge in [0.05, 0.1) is 0 Å². The lowest BCUT2D eigenvalue weighted by molar-refractivity contribution is 0.391. The Morgan fingerprint density at radius 1 is 1.18 bits per heavy atom. The molecule has 1 aliphatic heterocycles. The quantitative estimate of drug-likeness (QED) is 0.591. The van der Waals surface area contributed by atoms with Crippen molar-refractivity contribution >= 4 is 5.69 Å². The Labute approximate surface area is 66.4 Å². The van der Waals surface area contributed by atoms with Crippen molar-refractivity contribution in [1.82, 2.24) is 0 Å². The molecule has 2 aliphatic rings. The van der Waals surface area contributed by atoms with Crippen molar-refractivity contribution in [3.05, 3.63) is 29.8 Å². The predicted octanol–water partition coefficient (Wildman–Crippen LogP) is 2.36. The Bertz CT molecular complexity index is 293. The van der Waals surface area contributed by atoms with Crippen LogP contribution in [0.2, 0.25) is 0 Å². The molecule has 1 nitrogen and oxygen atoms in total. The third kappa shape index (κ3) is 0.609. The highest BCUT2D eigenvalue weighted by Crippen LogP contribution is 2.47. The van der Waals surface area contributed by atoms with Gasteiger partial charge in [0, 0.05) is 17.6 Å². The Morgan fingerprint density at radius 3 is 2.91 bits per heavy atom. The van der Waals surface area contributed by atoms with Crippen LogP contribution < -0.4 is 5.32 Å². The van der Waals surface area contributed by atoms with Crippen LogP contribution in [0.1, 0.15) is 24.3 Å². The fourth-order valence-electron chi connectivity index (χ4n) is 2.20. The van der Waals surface area contributed by atoms with Gasteiger partial charge in [-0.25, -0.2) is 0 Å². The lowest BCUT2D eigenvalue weighted by Gasteiger charge is -2.30. The lowest BCUT2D eigenvalue weighted by Crippen LogP contribution is -2.29. The summed E-state index contributed by atoms with van der Waals surface area (Å²) in [6, 6.07) is 9.46. The highest BCUT2D eigenvalue weighted by molar-refractivity contribution is 5.60. The van der Waals surface area contributed by atoms with E-state index in [1.165, 1.54) is 18.5 Å². The number of hydrogen-bond donors (Lipinski definition) is 1. The first kappa shape index (κ1) is 5.64. The molecule has 0 radical (unpaired) electrons. The molecule has 1 fully saturated rings. The van der Waals surface area contributed by atoms with Gasteiger partial charge >= 0.3 is 0 Å². The molecule has 2 atom stereocenters. The Morgan fingerprint density at radius 2 is 2.09 bits per heavy atom. The Kier molecular flexibility index (Phi) is 0.916. The summed E-state index contributed by atoms with van der Waals surface area (Å²) in [5.41, 5.74) is 2.92. The van der Waals surface area contributed by atoms with E-state index in [9.17, 15) is 0 Å². The minimum Gasteiger partial charge on any atom is -0.381 e. The van der Waals surface area contributed by atoms with Gasteiger partial charge in [-0.05, 0) is 24.5 Å². The summed E-state index contributed by atoms with van der Waals surface area (Å²) in [6.45, 7) is 0. The van der Waals surface area contributed by atoms with E-state index in [2.05, 4.69) is 29.6 Å². The summed E-state index contributed by atoms with van der Waals surface area (Å²) in [7, 11) is 0. The molecule has 0 bridgehead atoms. The molecular formula is C10H11N. The molecule has 0 aromatic heterocycles. The van der Waals surface area contributed by atoms with Crippen LogP contribution in [-0.2, 0) is 0 Å². The predicted molar refractivity (Wildman–Crippen MR) is 45.8 cm³/mol. The van der Waals surface area contributed by atoms with Crippen LogP contribution in [0.3, 0.4) is 0 Å². The van der Waals surface area contributed by atoms with Gasteiger partial charge in [0.2, 0.25) is 0 Å². The number of fused-ring (bicyclic) bond motifs is 3. The monoisotopic (exact) mass is 145 g/mol. The molecule has 0 saturated heterocycles. The van der Waals surface area contributed by atoms with E-state index in [0.717, 1.165) is 12.0 Å². The van der Waals surface area contributed by atoms with Gasteiger partial charge in [-0.2, -0.15) is 0 Å². The maximum absolute atomic E-state index is 3.53. The highest BCUT2D eigenvalue weighted by Gasteiger charge is 2.38. The molecule has 1 N–H and O–H groups in total. The third-order valence-electron chi connectivity index (χ3n) is 2.98. The summed E-state index contributed by atoms with van der Waals surface area (Å²) in [4.78, 5) is 0. The first-order valence-electron chi connectivity index (χ1n) is 4.30. The van der Waals surface area contributed by atoms with Gasteiger partial charge in [-0.1, -0.05) is 18.2 Å². The van der Waals surface area contributed by atoms with Gasteiger partial charge in [-0.15, -0.1) is 0 Å². The summed E-state index contributed by atoms with van der Waals surface area (Å²) in [5.74, 6) is 0.839. The van der Waals surface area contributed by atoms with Crippen LogP contribution in [0, 0.1) is 0 Å². The molecule has 0 amide bonds. The summed E-state index contributed by atoms with van der Waals surface area (Å²) in [6.07, 6.45) is 2.74. The second kappa shape index (κ2) is 1.79. The van der Waals surface area contributed by atoms with Crippen molar-refractivity contribution < 1.29 is 0 Å². The average molecular weight is 145 g/mol. The minimum atomic E-state index is 0.771. The standard InChI is InChI=1S/C10H11N/c1-2-4-9-7(3-1)8-5-6-10(8)11-9/h1-4,8,10-11H,5-6H2. The molecule has 3 rings (SSSR count). The first-order valence-corrected chi connectivity index (χ1v) is 4.30. The Hall–Kier alpha value is -0.980. The van der Waals surface area contributed by atoms with Crippen LogP contribution in [0.4, 0.5) is 5.69 Å². The molecule has 1 aliphatic carbocycles. The maximum atomic E-state index is 3.53. The van der Waals surface area contributed by atoms with E-state index in [1.807, 2.05) is 0 Å². The van der Waals surface area contributed by atoms with Gasteiger partial charge in [-0.3, -0.25) is 0 Å². The van der Waals surface area contributed by atoms with E-state index in [4.69, 9.17) is 0 Å². The topological polar surface area (TPSA) is 12.0 Å². The second-order valence-electron chi connectivity index (χ2n) is 3.52. The minimum absolute atomic E-state index is 0.771. The van der Waals surface area contributed by atoms with E-state index in [1.54, 1.807) is 5.56 Å². The second-order valence-corrected chi connectivity index (χ2v) is 3.52. The average Bonchev–Trinajstić information content (AvgIpc) is 2.23. The number of benzene rings is 1. The lowest BCUT2D eigenvalue weighted by atomic mass is 9.78. The Balaban J connectivity index is 2.14. The zero-order valence-electron chi connectivity index (χ0n) is 6.38. The van der Waals surface area contributed by atoms with E-state index in [-0.39, 0.29) is 0 Å². The molecule has 1 heterocycles. The van der Waals surface area contributed by atoms with Crippen molar-refractivity contribution in [3.63, 3.8) is 0 Å². The third-order valence-corrected chi connectivity index (χ3v) is 2.98. The largest absolute Gasteiger partial charge is 0.381 e. The number of hydrogen-bond acceptors (Lipinski definition) is 1. The number of nitrogens with one attached hydrogen (secondary N) is 1.